The fourth-order valence-corrected chi connectivity index (χ4v) is 1.82. The minimum atomic E-state index is -0.383. The van der Waals surface area contributed by atoms with Crippen molar-refractivity contribution in [3.05, 3.63) is 68.8 Å². The first-order valence-electron chi connectivity index (χ1n) is 5.20. The van der Waals surface area contributed by atoms with Crippen LogP contribution < -0.4 is 5.56 Å². The fourth-order valence-electron chi connectivity index (χ4n) is 1.59. The molecule has 0 bridgehead atoms. The van der Waals surface area contributed by atoms with Crippen molar-refractivity contribution >= 4 is 17.9 Å². The summed E-state index contributed by atoms with van der Waals surface area (Å²) in [5.41, 5.74) is 0.686. The maximum Gasteiger partial charge on any atom is 0.269 e. The quantitative estimate of drug-likeness (QED) is 0.800. The third kappa shape index (κ3) is 2.65. The lowest BCUT2D eigenvalue weighted by molar-refractivity contribution is 0.112. The predicted octanol–water partition coefficient (Wildman–Crippen LogP) is 2.50. The molecule has 0 amide bonds. The molecule has 0 saturated carbocycles. The molecule has 0 radical (unpaired) electrons. The van der Waals surface area contributed by atoms with E-state index in [1.807, 2.05) is 0 Å². The summed E-state index contributed by atoms with van der Waals surface area (Å²) in [6, 6.07) is 7.08. The van der Waals surface area contributed by atoms with Crippen LogP contribution in [-0.4, -0.2) is 10.9 Å². The Morgan fingerprint density at radius 1 is 1.28 bits per heavy atom. The zero-order valence-corrected chi connectivity index (χ0v) is 10.0. The number of benzene rings is 1. The van der Waals surface area contributed by atoms with E-state index in [-0.39, 0.29) is 22.9 Å². The highest BCUT2D eigenvalue weighted by molar-refractivity contribution is 6.30. The van der Waals surface area contributed by atoms with Crippen LogP contribution in [0.3, 0.4) is 0 Å². The van der Waals surface area contributed by atoms with Gasteiger partial charge in [0.15, 0.2) is 6.29 Å². The SMILES string of the molecule is O=Cc1cc(Cl)c(=O)n(Cc2ccc(F)cc2)c1. The summed E-state index contributed by atoms with van der Waals surface area (Å²) in [4.78, 5) is 22.4. The normalized spacial score (nSPS) is 10.3. The van der Waals surface area contributed by atoms with E-state index in [4.69, 9.17) is 11.6 Å². The minimum Gasteiger partial charge on any atom is -0.309 e. The first kappa shape index (κ1) is 12.5. The molecule has 0 aliphatic heterocycles. The first-order valence-corrected chi connectivity index (χ1v) is 5.57. The van der Waals surface area contributed by atoms with Crippen LogP contribution >= 0.6 is 11.6 Å². The van der Waals surface area contributed by atoms with Crippen LogP contribution in [0.25, 0.3) is 0 Å². The van der Waals surface area contributed by atoms with Crippen LogP contribution in [0.5, 0.6) is 0 Å². The summed E-state index contributed by atoms with van der Waals surface area (Å²) in [5, 5.41) is -0.0123. The lowest BCUT2D eigenvalue weighted by atomic mass is 10.2. The van der Waals surface area contributed by atoms with Gasteiger partial charge in [0, 0.05) is 11.8 Å². The maximum atomic E-state index is 12.8. The van der Waals surface area contributed by atoms with Crippen LogP contribution in [0, 0.1) is 5.82 Å². The molecule has 3 nitrogen and oxygen atoms in total. The van der Waals surface area contributed by atoms with Crippen LogP contribution in [0.15, 0.2) is 41.3 Å². The number of hydrogen-bond donors (Lipinski definition) is 0. The van der Waals surface area contributed by atoms with Gasteiger partial charge in [-0.1, -0.05) is 23.7 Å². The Bertz CT molecular complexity index is 634. The number of aromatic nitrogens is 1. The molecule has 0 N–H and O–H groups in total. The molecule has 18 heavy (non-hydrogen) atoms. The fraction of sp³-hybridized carbons (Fsp3) is 0.0769. The minimum absolute atomic E-state index is 0.0123. The number of rotatable bonds is 3. The highest BCUT2D eigenvalue weighted by atomic mass is 35.5. The summed E-state index contributed by atoms with van der Waals surface area (Å²) < 4.78 is 14.1. The molecule has 0 unspecified atom stereocenters. The molecule has 0 spiro atoms. The van der Waals surface area contributed by atoms with E-state index in [1.165, 1.54) is 29.0 Å². The summed E-state index contributed by atoms with van der Waals surface area (Å²) >= 11 is 5.74. The van der Waals surface area contributed by atoms with E-state index in [2.05, 4.69) is 0 Å². The largest absolute Gasteiger partial charge is 0.309 e. The van der Waals surface area contributed by atoms with Crippen molar-refractivity contribution < 1.29 is 9.18 Å². The highest BCUT2D eigenvalue weighted by Crippen LogP contribution is 2.08. The molecule has 1 heterocycles. The molecule has 0 aliphatic rings. The number of hydrogen-bond acceptors (Lipinski definition) is 2. The lowest BCUT2D eigenvalue weighted by Crippen LogP contribution is -2.21. The maximum absolute atomic E-state index is 12.8. The molecule has 0 fully saturated rings. The number of halogens is 2. The van der Waals surface area contributed by atoms with Gasteiger partial charge in [0.1, 0.15) is 10.8 Å². The van der Waals surface area contributed by atoms with E-state index >= 15 is 0 Å². The summed E-state index contributed by atoms with van der Waals surface area (Å²) in [5.74, 6) is -0.342. The Hall–Kier alpha value is -1.94. The molecule has 5 heteroatoms. The van der Waals surface area contributed by atoms with Gasteiger partial charge in [0.2, 0.25) is 0 Å². The Kier molecular flexibility index (Phi) is 3.58. The third-order valence-corrected chi connectivity index (χ3v) is 2.74. The monoisotopic (exact) mass is 265 g/mol. The van der Waals surface area contributed by atoms with Crippen molar-refractivity contribution in [2.75, 3.05) is 0 Å². The van der Waals surface area contributed by atoms with Crippen molar-refractivity contribution in [3.8, 4) is 0 Å². The van der Waals surface area contributed by atoms with Gasteiger partial charge in [-0.25, -0.2) is 4.39 Å². The Balaban J connectivity index is 2.39. The van der Waals surface area contributed by atoms with Gasteiger partial charge >= 0.3 is 0 Å². The number of aldehydes is 1. The zero-order chi connectivity index (χ0) is 13.1. The average Bonchev–Trinajstić information content (AvgIpc) is 2.37. The third-order valence-electron chi connectivity index (χ3n) is 2.47. The van der Waals surface area contributed by atoms with Gasteiger partial charge in [0.25, 0.3) is 5.56 Å². The van der Waals surface area contributed by atoms with Crippen molar-refractivity contribution in [3.63, 3.8) is 0 Å². The molecule has 0 saturated heterocycles. The van der Waals surface area contributed by atoms with Gasteiger partial charge in [-0.05, 0) is 23.8 Å². The average molecular weight is 266 g/mol. The molecule has 2 rings (SSSR count). The second kappa shape index (κ2) is 5.14. The Morgan fingerprint density at radius 3 is 2.56 bits per heavy atom. The molecule has 1 aromatic carbocycles. The summed E-state index contributed by atoms with van der Waals surface area (Å²) in [6.07, 6.45) is 2.04. The van der Waals surface area contributed by atoms with E-state index in [0.29, 0.717) is 11.8 Å². The van der Waals surface area contributed by atoms with E-state index in [9.17, 15) is 14.0 Å². The summed E-state index contributed by atoms with van der Waals surface area (Å²) in [6.45, 7) is 0.237. The molecule has 1 aromatic heterocycles. The van der Waals surface area contributed by atoms with Crippen LogP contribution in [0.4, 0.5) is 4.39 Å². The van der Waals surface area contributed by atoms with Gasteiger partial charge in [0.05, 0.1) is 6.54 Å². The van der Waals surface area contributed by atoms with Crippen molar-refractivity contribution in [1.29, 1.82) is 0 Å². The molecule has 2 aromatic rings. The Labute approximate surface area is 107 Å². The number of carbonyl (C=O) groups is 1. The lowest BCUT2D eigenvalue weighted by Gasteiger charge is -2.07. The highest BCUT2D eigenvalue weighted by Gasteiger charge is 2.05. The van der Waals surface area contributed by atoms with Gasteiger partial charge < -0.3 is 4.57 Å². The molecule has 92 valence electrons. The molecular weight excluding hydrogens is 257 g/mol. The van der Waals surface area contributed by atoms with E-state index in [1.54, 1.807) is 12.1 Å². The number of nitrogens with zero attached hydrogens (tertiary/aromatic N) is 1. The van der Waals surface area contributed by atoms with Crippen LogP contribution in [-0.2, 0) is 6.54 Å². The van der Waals surface area contributed by atoms with E-state index < -0.39 is 0 Å². The van der Waals surface area contributed by atoms with E-state index in [0.717, 1.165) is 5.56 Å². The first-order chi connectivity index (χ1) is 8.60. The second-order valence-corrected chi connectivity index (χ2v) is 4.21. The second-order valence-electron chi connectivity index (χ2n) is 3.80. The predicted molar refractivity (Wildman–Crippen MR) is 66.6 cm³/mol. The molecule has 0 aliphatic carbocycles. The van der Waals surface area contributed by atoms with Crippen molar-refractivity contribution in [2.24, 2.45) is 0 Å². The Morgan fingerprint density at radius 2 is 1.94 bits per heavy atom. The molecular formula is C13H9ClFNO2. The van der Waals surface area contributed by atoms with Gasteiger partial charge in [-0.3, -0.25) is 9.59 Å². The number of pyridine rings is 1. The topological polar surface area (TPSA) is 39.1 Å². The van der Waals surface area contributed by atoms with Crippen LogP contribution in [0.1, 0.15) is 15.9 Å². The van der Waals surface area contributed by atoms with Gasteiger partial charge in [-0.15, -0.1) is 0 Å². The molecule has 0 atom stereocenters. The van der Waals surface area contributed by atoms with Crippen molar-refractivity contribution in [2.45, 2.75) is 6.54 Å². The van der Waals surface area contributed by atoms with Crippen molar-refractivity contribution in [1.82, 2.24) is 4.57 Å². The smallest absolute Gasteiger partial charge is 0.269 e. The zero-order valence-electron chi connectivity index (χ0n) is 9.27. The van der Waals surface area contributed by atoms with Crippen LogP contribution in [0.2, 0.25) is 5.02 Å². The van der Waals surface area contributed by atoms with Gasteiger partial charge in [-0.2, -0.15) is 0 Å². The summed E-state index contributed by atoms with van der Waals surface area (Å²) in [7, 11) is 0. The standard InChI is InChI=1S/C13H9ClFNO2/c14-12-5-10(8-17)7-16(13(12)18)6-9-1-3-11(15)4-2-9/h1-5,7-8H,6H2. The number of carbonyl (C=O) groups excluding carboxylic acids is 1.